The second kappa shape index (κ2) is 5.99. The zero-order valence-electron chi connectivity index (χ0n) is 12.9. The predicted octanol–water partition coefficient (Wildman–Crippen LogP) is 1.41. The molecule has 1 aromatic rings. The van der Waals surface area contributed by atoms with Crippen molar-refractivity contribution in [3.63, 3.8) is 0 Å². The van der Waals surface area contributed by atoms with Gasteiger partial charge in [0.25, 0.3) is 0 Å². The van der Waals surface area contributed by atoms with Gasteiger partial charge in [0.2, 0.25) is 11.8 Å². The molecule has 0 heterocycles. The summed E-state index contributed by atoms with van der Waals surface area (Å²) in [6.45, 7) is 0.532. The van der Waals surface area contributed by atoms with E-state index in [4.69, 9.17) is 4.74 Å². The van der Waals surface area contributed by atoms with Gasteiger partial charge in [0.15, 0.2) is 0 Å². The second-order valence-electron chi connectivity index (χ2n) is 6.19. The van der Waals surface area contributed by atoms with E-state index in [0.29, 0.717) is 25.4 Å². The summed E-state index contributed by atoms with van der Waals surface area (Å²) in [5, 5.41) is 5.85. The average molecular weight is 302 g/mol. The summed E-state index contributed by atoms with van der Waals surface area (Å²) >= 11 is 0. The number of benzene rings is 1. The highest BCUT2D eigenvalue weighted by Crippen LogP contribution is 2.46. The second-order valence-corrected chi connectivity index (χ2v) is 6.19. The van der Waals surface area contributed by atoms with Crippen LogP contribution in [0.1, 0.15) is 31.2 Å². The third-order valence-corrected chi connectivity index (χ3v) is 4.37. The van der Waals surface area contributed by atoms with Crippen molar-refractivity contribution in [1.29, 1.82) is 0 Å². The van der Waals surface area contributed by atoms with Crippen molar-refractivity contribution in [3.05, 3.63) is 29.8 Å². The number of hydrogen-bond acceptors (Lipinski definition) is 3. The van der Waals surface area contributed by atoms with Gasteiger partial charge in [-0.15, -0.1) is 0 Å². The molecule has 0 radical (unpaired) electrons. The van der Waals surface area contributed by atoms with Crippen molar-refractivity contribution < 1.29 is 14.3 Å². The molecule has 5 heteroatoms. The molecule has 0 bridgehead atoms. The fourth-order valence-electron chi connectivity index (χ4n) is 2.55. The summed E-state index contributed by atoms with van der Waals surface area (Å²) in [6, 6.07) is 8.08. The third-order valence-electron chi connectivity index (χ3n) is 4.37. The van der Waals surface area contributed by atoms with Crippen LogP contribution >= 0.6 is 0 Å². The normalized spacial score (nSPS) is 18.4. The van der Waals surface area contributed by atoms with Crippen LogP contribution in [-0.4, -0.2) is 31.5 Å². The van der Waals surface area contributed by atoms with Gasteiger partial charge in [0.1, 0.15) is 11.2 Å². The largest absolute Gasteiger partial charge is 0.497 e. The Labute approximate surface area is 130 Å². The Morgan fingerprint density at radius 3 is 2.68 bits per heavy atom. The van der Waals surface area contributed by atoms with E-state index in [1.54, 1.807) is 7.11 Å². The Morgan fingerprint density at radius 1 is 1.27 bits per heavy atom. The first-order chi connectivity index (χ1) is 10.6. The molecule has 1 aromatic carbocycles. The van der Waals surface area contributed by atoms with E-state index < -0.39 is 5.41 Å². The molecule has 118 valence electrons. The standard InChI is InChI=1S/C17H22N2O3/c1-22-14-4-2-3-12(11-14)7-10-18-15(20)17(8-9-17)16(21)19-13-5-6-13/h2-4,11,13H,5-10H2,1H3,(H,18,20)(H,19,21). The Morgan fingerprint density at radius 2 is 2.05 bits per heavy atom. The summed E-state index contributed by atoms with van der Waals surface area (Å²) in [7, 11) is 1.64. The highest BCUT2D eigenvalue weighted by atomic mass is 16.5. The minimum absolute atomic E-state index is 0.0890. The molecule has 0 saturated heterocycles. The minimum atomic E-state index is -0.795. The number of ether oxygens (including phenoxy) is 1. The van der Waals surface area contributed by atoms with Crippen LogP contribution in [0, 0.1) is 5.41 Å². The molecule has 0 spiro atoms. The number of nitrogens with one attached hydrogen (secondary N) is 2. The quantitative estimate of drug-likeness (QED) is 0.748. The Hall–Kier alpha value is -2.04. The number of amides is 2. The minimum Gasteiger partial charge on any atom is -0.497 e. The molecule has 0 aliphatic heterocycles. The van der Waals surface area contributed by atoms with Gasteiger partial charge in [0, 0.05) is 12.6 Å². The lowest BCUT2D eigenvalue weighted by molar-refractivity contribution is -0.137. The number of methoxy groups -OCH3 is 1. The molecule has 2 amide bonds. The first-order valence-electron chi connectivity index (χ1n) is 7.86. The fourth-order valence-corrected chi connectivity index (χ4v) is 2.55. The van der Waals surface area contributed by atoms with E-state index in [1.807, 2.05) is 24.3 Å². The maximum absolute atomic E-state index is 12.3. The first-order valence-corrected chi connectivity index (χ1v) is 7.86. The monoisotopic (exact) mass is 302 g/mol. The van der Waals surface area contributed by atoms with Gasteiger partial charge in [-0.25, -0.2) is 0 Å². The average Bonchev–Trinajstić information content (AvgIpc) is 3.41. The third kappa shape index (κ3) is 3.24. The van der Waals surface area contributed by atoms with Gasteiger partial charge in [-0.1, -0.05) is 12.1 Å². The smallest absolute Gasteiger partial charge is 0.235 e. The van der Waals surface area contributed by atoms with Crippen molar-refractivity contribution in [3.8, 4) is 5.75 Å². The molecule has 2 aliphatic rings. The van der Waals surface area contributed by atoms with Gasteiger partial charge >= 0.3 is 0 Å². The van der Waals surface area contributed by atoms with Crippen LogP contribution in [0.2, 0.25) is 0 Å². The highest BCUT2D eigenvalue weighted by Gasteiger charge is 2.57. The molecule has 0 atom stereocenters. The molecular formula is C17H22N2O3. The first kappa shape index (κ1) is 14.9. The molecule has 2 aliphatic carbocycles. The summed E-state index contributed by atoms with van der Waals surface area (Å²) < 4.78 is 5.18. The SMILES string of the molecule is COc1cccc(CCNC(=O)C2(C(=O)NC3CC3)CC2)c1. The maximum Gasteiger partial charge on any atom is 0.235 e. The lowest BCUT2D eigenvalue weighted by Crippen LogP contribution is -2.44. The lowest BCUT2D eigenvalue weighted by Gasteiger charge is -2.15. The lowest BCUT2D eigenvalue weighted by atomic mass is 10.0. The number of carbonyl (C=O) groups excluding carboxylic acids is 2. The molecule has 2 N–H and O–H groups in total. The summed E-state index contributed by atoms with van der Waals surface area (Å²) in [5.41, 5.74) is 0.309. The molecule has 2 fully saturated rings. The molecular weight excluding hydrogens is 280 g/mol. The molecule has 3 rings (SSSR count). The van der Waals surface area contributed by atoms with Crippen LogP contribution in [0.5, 0.6) is 5.75 Å². The van der Waals surface area contributed by atoms with Gasteiger partial charge in [-0.2, -0.15) is 0 Å². The van der Waals surface area contributed by atoms with Crippen LogP contribution in [0.25, 0.3) is 0 Å². The van der Waals surface area contributed by atoms with Gasteiger partial charge in [-0.05, 0) is 49.8 Å². The number of rotatable bonds is 7. The van der Waals surface area contributed by atoms with Crippen molar-refractivity contribution in [2.45, 2.75) is 38.1 Å². The maximum atomic E-state index is 12.3. The van der Waals surface area contributed by atoms with Gasteiger partial charge in [-0.3, -0.25) is 9.59 Å². The molecule has 5 nitrogen and oxygen atoms in total. The van der Waals surface area contributed by atoms with Crippen molar-refractivity contribution in [2.24, 2.45) is 5.41 Å². The summed E-state index contributed by atoms with van der Waals surface area (Å²) in [4.78, 5) is 24.4. The topological polar surface area (TPSA) is 67.4 Å². The Bertz CT molecular complexity index is 577. The molecule has 2 saturated carbocycles. The van der Waals surface area contributed by atoms with Crippen LogP contribution in [0.15, 0.2) is 24.3 Å². The van der Waals surface area contributed by atoms with E-state index in [-0.39, 0.29) is 11.8 Å². The Balaban J connectivity index is 1.48. The van der Waals surface area contributed by atoms with Crippen molar-refractivity contribution >= 4 is 11.8 Å². The molecule has 22 heavy (non-hydrogen) atoms. The molecule has 0 aromatic heterocycles. The zero-order chi connectivity index (χ0) is 15.6. The van der Waals surface area contributed by atoms with Crippen LogP contribution < -0.4 is 15.4 Å². The van der Waals surface area contributed by atoms with Crippen LogP contribution in [0.3, 0.4) is 0 Å². The molecule has 0 unspecified atom stereocenters. The zero-order valence-corrected chi connectivity index (χ0v) is 12.9. The number of hydrogen-bond donors (Lipinski definition) is 2. The predicted molar refractivity (Wildman–Crippen MR) is 82.5 cm³/mol. The van der Waals surface area contributed by atoms with E-state index in [1.165, 1.54) is 0 Å². The van der Waals surface area contributed by atoms with Crippen LogP contribution in [-0.2, 0) is 16.0 Å². The van der Waals surface area contributed by atoms with Crippen molar-refractivity contribution in [2.75, 3.05) is 13.7 Å². The fraction of sp³-hybridized carbons (Fsp3) is 0.529. The van der Waals surface area contributed by atoms with Gasteiger partial charge in [0.05, 0.1) is 7.11 Å². The van der Waals surface area contributed by atoms with E-state index in [2.05, 4.69) is 10.6 Å². The van der Waals surface area contributed by atoms with Crippen molar-refractivity contribution in [1.82, 2.24) is 10.6 Å². The highest BCUT2D eigenvalue weighted by molar-refractivity contribution is 6.08. The van der Waals surface area contributed by atoms with Gasteiger partial charge < -0.3 is 15.4 Å². The van der Waals surface area contributed by atoms with E-state index in [0.717, 1.165) is 30.6 Å². The summed E-state index contributed by atoms with van der Waals surface area (Å²) in [6.07, 6.45) is 4.13. The van der Waals surface area contributed by atoms with E-state index in [9.17, 15) is 9.59 Å². The van der Waals surface area contributed by atoms with Crippen LogP contribution in [0.4, 0.5) is 0 Å². The van der Waals surface area contributed by atoms with E-state index >= 15 is 0 Å². The Kier molecular flexibility index (Phi) is 4.05. The summed E-state index contributed by atoms with van der Waals surface area (Å²) in [5.74, 6) is 0.591. The number of carbonyl (C=O) groups is 2.